The molecule has 0 aliphatic rings. The number of carbonyl (C=O) groups is 2. The molecule has 0 aliphatic heterocycles. The summed E-state index contributed by atoms with van der Waals surface area (Å²) in [7, 11) is 0. The predicted octanol–water partition coefficient (Wildman–Crippen LogP) is 3.77. The number of hydrogen-bond donors (Lipinski definition) is 1. The van der Waals surface area contributed by atoms with E-state index in [0.29, 0.717) is 12.8 Å². The summed E-state index contributed by atoms with van der Waals surface area (Å²) in [6.07, 6.45) is 1.11. The van der Waals surface area contributed by atoms with Crippen LogP contribution in [0.2, 0.25) is 0 Å². The lowest BCUT2D eigenvalue weighted by Gasteiger charge is -2.06. The molecule has 0 saturated heterocycles. The molecule has 4 heteroatoms. The SMILES string of the molecule is Cc1ccc(CCCC(=O)NC(=O)OCc2ccccc2)cc1. The van der Waals surface area contributed by atoms with Gasteiger partial charge in [0.15, 0.2) is 0 Å². The monoisotopic (exact) mass is 311 g/mol. The minimum Gasteiger partial charge on any atom is -0.444 e. The van der Waals surface area contributed by atoms with Crippen LogP contribution in [0.25, 0.3) is 0 Å². The molecule has 0 saturated carbocycles. The third kappa shape index (κ3) is 6.34. The molecule has 0 atom stereocenters. The van der Waals surface area contributed by atoms with Gasteiger partial charge in [-0.05, 0) is 30.9 Å². The zero-order valence-electron chi connectivity index (χ0n) is 13.2. The Morgan fingerprint density at radius 3 is 2.35 bits per heavy atom. The Morgan fingerprint density at radius 2 is 1.65 bits per heavy atom. The first-order valence-corrected chi connectivity index (χ1v) is 7.69. The number of carbonyl (C=O) groups excluding carboxylic acids is 2. The van der Waals surface area contributed by atoms with Crippen molar-refractivity contribution in [2.45, 2.75) is 32.8 Å². The van der Waals surface area contributed by atoms with Gasteiger partial charge in [0, 0.05) is 6.42 Å². The smallest absolute Gasteiger partial charge is 0.414 e. The van der Waals surface area contributed by atoms with Gasteiger partial charge >= 0.3 is 6.09 Å². The lowest BCUT2D eigenvalue weighted by atomic mass is 10.1. The van der Waals surface area contributed by atoms with Gasteiger partial charge in [0.05, 0.1) is 0 Å². The van der Waals surface area contributed by atoms with Crippen molar-refractivity contribution >= 4 is 12.0 Å². The van der Waals surface area contributed by atoms with Crippen LogP contribution in [0.15, 0.2) is 54.6 Å². The number of ether oxygens (including phenoxy) is 1. The Bertz CT molecular complexity index is 635. The predicted molar refractivity (Wildman–Crippen MR) is 88.9 cm³/mol. The lowest BCUT2D eigenvalue weighted by Crippen LogP contribution is -2.30. The lowest BCUT2D eigenvalue weighted by molar-refractivity contribution is -0.120. The molecule has 0 heterocycles. The van der Waals surface area contributed by atoms with Crippen molar-refractivity contribution in [2.75, 3.05) is 0 Å². The highest BCUT2D eigenvalue weighted by molar-refractivity contribution is 5.91. The second-order valence-electron chi connectivity index (χ2n) is 5.45. The summed E-state index contributed by atoms with van der Waals surface area (Å²) < 4.78 is 5.01. The molecule has 0 spiro atoms. The molecule has 2 aromatic rings. The second kappa shape index (κ2) is 8.73. The van der Waals surface area contributed by atoms with E-state index in [-0.39, 0.29) is 12.5 Å². The molecule has 2 amide bonds. The van der Waals surface area contributed by atoms with Gasteiger partial charge in [0.25, 0.3) is 0 Å². The van der Waals surface area contributed by atoms with Gasteiger partial charge in [-0.25, -0.2) is 4.79 Å². The molecule has 0 radical (unpaired) electrons. The zero-order chi connectivity index (χ0) is 16.5. The second-order valence-corrected chi connectivity index (χ2v) is 5.45. The summed E-state index contributed by atoms with van der Waals surface area (Å²) in [6, 6.07) is 17.6. The minimum atomic E-state index is -0.700. The third-order valence-electron chi connectivity index (χ3n) is 3.44. The maximum Gasteiger partial charge on any atom is 0.414 e. The summed E-state index contributed by atoms with van der Waals surface area (Å²) in [5, 5.41) is 2.25. The van der Waals surface area contributed by atoms with Gasteiger partial charge in [-0.15, -0.1) is 0 Å². The van der Waals surface area contributed by atoms with Crippen LogP contribution in [0.5, 0.6) is 0 Å². The number of aryl methyl sites for hydroxylation is 2. The van der Waals surface area contributed by atoms with Gasteiger partial charge in [-0.1, -0.05) is 60.2 Å². The first-order chi connectivity index (χ1) is 11.1. The highest BCUT2D eigenvalue weighted by Gasteiger charge is 2.08. The topological polar surface area (TPSA) is 55.4 Å². The van der Waals surface area contributed by atoms with Crippen LogP contribution in [0.4, 0.5) is 4.79 Å². The molecule has 0 aliphatic carbocycles. The number of benzene rings is 2. The van der Waals surface area contributed by atoms with E-state index in [0.717, 1.165) is 12.0 Å². The maximum atomic E-state index is 11.7. The normalized spacial score (nSPS) is 10.1. The minimum absolute atomic E-state index is 0.156. The Kier molecular flexibility index (Phi) is 6.36. The number of rotatable bonds is 6. The molecule has 0 unspecified atom stereocenters. The Balaban J connectivity index is 1.64. The van der Waals surface area contributed by atoms with Crippen molar-refractivity contribution in [1.82, 2.24) is 5.32 Å². The van der Waals surface area contributed by atoms with Crippen molar-refractivity contribution in [3.63, 3.8) is 0 Å². The number of amides is 2. The molecule has 0 aromatic heterocycles. The van der Waals surface area contributed by atoms with Gasteiger partial charge in [-0.2, -0.15) is 0 Å². The van der Waals surface area contributed by atoms with E-state index in [1.165, 1.54) is 11.1 Å². The van der Waals surface area contributed by atoms with Crippen molar-refractivity contribution in [1.29, 1.82) is 0 Å². The molecule has 1 N–H and O–H groups in total. The van der Waals surface area contributed by atoms with E-state index in [9.17, 15) is 9.59 Å². The summed E-state index contributed by atoms with van der Waals surface area (Å²) in [5.74, 6) is -0.310. The first-order valence-electron chi connectivity index (χ1n) is 7.69. The highest BCUT2D eigenvalue weighted by atomic mass is 16.5. The summed E-state index contributed by atoms with van der Waals surface area (Å²) in [6.45, 7) is 2.20. The van der Waals surface area contributed by atoms with Crippen LogP contribution in [0, 0.1) is 6.92 Å². The highest BCUT2D eigenvalue weighted by Crippen LogP contribution is 2.07. The van der Waals surface area contributed by atoms with E-state index < -0.39 is 6.09 Å². The van der Waals surface area contributed by atoms with Crippen molar-refractivity contribution in [2.24, 2.45) is 0 Å². The average Bonchev–Trinajstić information content (AvgIpc) is 2.56. The number of imide groups is 1. The standard InChI is InChI=1S/C19H21NO3/c1-15-10-12-16(13-11-15)8-5-9-18(21)20-19(22)23-14-17-6-3-2-4-7-17/h2-4,6-7,10-13H,5,8-9,14H2,1H3,(H,20,21,22). The maximum absolute atomic E-state index is 11.7. The van der Waals surface area contributed by atoms with Gasteiger partial charge in [-0.3, -0.25) is 10.1 Å². The molecular weight excluding hydrogens is 290 g/mol. The fourth-order valence-corrected chi connectivity index (χ4v) is 2.14. The van der Waals surface area contributed by atoms with Crippen molar-refractivity contribution < 1.29 is 14.3 Å². The van der Waals surface area contributed by atoms with Crippen LogP contribution in [-0.4, -0.2) is 12.0 Å². The molecule has 2 rings (SSSR count). The molecule has 120 valence electrons. The van der Waals surface area contributed by atoms with Gasteiger partial charge in [0.2, 0.25) is 5.91 Å². The van der Waals surface area contributed by atoms with Crippen molar-refractivity contribution in [3.05, 3.63) is 71.3 Å². The summed E-state index contributed by atoms with van der Waals surface area (Å²) in [5.41, 5.74) is 3.29. The van der Waals surface area contributed by atoms with Crippen LogP contribution < -0.4 is 5.32 Å². The van der Waals surface area contributed by atoms with Crippen LogP contribution in [0.1, 0.15) is 29.5 Å². The molecule has 4 nitrogen and oxygen atoms in total. The van der Waals surface area contributed by atoms with E-state index in [1.807, 2.05) is 37.3 Å². The molecule has 2 aromatic carbocycles. The largest absolute Gasteiger partial charge is 0.444 e. The average molecular weight is 311 g/mol. The van der Waals surface area contributed by atoms with E-state index >= 15 is 0 Å². The van der Waals surface area contributed by atoms with Crippen LogP contribution >= 0.6 is 0 Å². The van der Waals surface area contributed by atoms with E-state index in [2.05, 4.69) is 29.6 Å². The number of alkyl carbamates (subject to hydrolysis) is 1. The fraction of sp³-hybridized carbons (Fsp3) is 0.263. The molecular formula is C19H21NO3. The van der Waals surface area contributed by atoms with Crippen LogP contribution in [0.3, 0.4) is 0 Å². The first kappa shape index (κ1) is 16.7. The van der Waals surface area contributed by atoms with E-state index in [4.69, 9.17) is 4.74 Å². The fourth-order valence-electron chi connectivity index (χ4n) is 2.14. The Morgan fingerprint density at radius 1 is 0.957 bits per heavy atom. The summed E-state index contributed by atoms with van der Waals surface area (Å²) >= 11 is 0. The summed E-state index contributed by atoms with van der Waals surface area (Å²) in [4.78, 5) is 23.2. The molecule has 0 bridgehead atoms. The quantitative estimate of drug-likeness (QED) is 0.883. The molecule has 0 fully saturated rings. The van der Waals surface area contributed by atoms with Gasteiger partial charge in [0.1, 0.15) is 6.61 Å². The van der Waals surface area contributed by atoms with E-state index in [1.54, 1.807) is 0 Å². The van der Waals surface area contributed by atoms with Gasteiger partial charge < -0.3 is 4.74 Å². The Labute approximate surface area is 136 Å². The number of nitrogens with one attached hydrogen (secondary N) is 1. The Hall–Kier alpha value is -2.62. The number of hydrogen-bond acceptors (Lipinski definition) is 3. The van der Waals surface area contributed by atoms with Crippen LogP contribution in [-0.2, 0) is 22.6 Å². The molecule has 23 heavy (non-hydrogen) atoms. The zero-order valence-corrected chi connectivity index (χ0v) is 13.2. The third-order valence-corrected chi connectivity index (χ3v) is 3.44. The van der Waals surface area contributed by atoms with Crippen molar-refractivity contribution in [3.8, 4) is 0 Å².